The highest BCUT2D eigenvalue weighted by molar-refractivity contribution is 5.76. The maximum absolute atomic E-state index is 11.4. The SMILES string of the molecule is Cc1nn(CC(=O)NOCC(N)=O)c(C)c1[N+](=O)[O-]. The van der Waals surface area contributed by atoms with E-state index in [1.807, 2.05) is 5.48 Å². The van der Waals surface area contributed by atoms with E-state index in [1.54, 1.807) is 0 Å². The van der Waals surface area contributed by atoms with Crippen LogP contribution in [0.25, 0.3) is 0 Å². The van der Waals surface area contributed by atoms with E-state index in [-0.39, 0.29) is 23.6 Å². The number of aryl methyl sites for hydroxylation is 1. The second-order valence-corrected chi connectivity index (χ2v) is 3.71. The monoisotopic (exact) mass is 271 g/mol. The molecule has 0 fully saturated rings. The van der Waals surface area contributed by atoms with Crippen LogP contribution in [0.2, 0.25) is 0 Å². The molecule has 3 N–H and O–H groups in total. The Morgan fingerprint density at radius 2 is 2.16 bits per heavy atom. The van der Waals surface area contributed by atoms with Crippen LogP contribution >= 0.6 is 0 Å². The highest BCUT2D eigenvalue weighted by Gasteiger charge is 2.22. The van der Waals surface area contributed by atoms with Gasteiger partial charge in [0, 0.05) is 0 Å². The summed E-state index contributed by atoms with van der Waals surface area (Å²) >= 11 is 0. The number of nitro groups is 1. The molecular formula is C9H13N5O5. The number of carbonyl (C=O) groups is 2. The van der Waals surface area contributed by atoms with Crippen molar-refractivity contribution < 1.29 is 19.3 Å². The van der Waals surface area contributed by atoms with Gasteiger partial charge >= 0.3 is 5.69 Å². The predicted octanol–water partition coefficient (Wildman–Crippen LogP) is -1.06. The molecule has 19 heavy (non-hydrogen) atoms. The zero-order valence-corrected chi connectivity index (χ0v) is 10.4. The summed E-state index contributed by atoms with van der Waals surface area (Å²) in [5, 5.41) is 14.6. The molecule has 10 heteroatoms. The molecule has 0 saturated carbocycles. The van der Waals surface area contributed by atoms with Crippen LogP contribution in [0.15, 0.2) is 0 Å². The highest BCUT2D eigenvalue weighted by atomic mass is 16.7. The summed E-state index contributed by atoms with van der Waals surface area (Å²) < 4.78 is 1.18. The van der Waals surface area contributed by atoms with Gasteiger partial charge in [-0.3, -0.25) is 29.2 Å². The van der Waals surface area contributed by atoms with E-state index in [1.165, 1.54) is 18.5 Å². The predicted molar refractivity (Wildman–Crippen MR) is 61.6 cm³/mol. The summed E-state index contributed by atoms with van der Waals surface area (Å²) in [6.07, 6.45) is 0. The molecule has 0 aliphatic rings. The zero-order chi connectivity index (χ0) is 14.6. The van der Waals surface area contributed by atoms with E-state index in [0.29, 0.717) is 0 Å². The number of carbonyl (C=O) groups excluding carboxylic acids is 2. The third-order valence-electron chi connectivity index (χ3n) is 2.22. The Morgan fingerprint density at radius 3 is 2.63 bits per heavy atom. The standard InChI is InChI=1S/C9H13N5O5/c1-5-9(14(17)18)6(2)13(11-5)3-8(16)12-19-4-7(10)15/h3-4H2,1-2H3,(H2,10,15)(H,12,16). The van der Waals surface area contributed by atoms with Gasteiger partial charge in [-0.25, -0.2) is 5.48 Å². The summed E-state index contributed by atoms with van der Waals surface area (Å²) in [6.45, 7) is 2.24. The number of nitrogens with two attached hydrogens (primary N) is 1. The molecule has 0 aromatic carbocycles. The first-order chi connectivity index (χ1) is 8.82. The first-order valence-electron chi connectivity index (χ1n) is 5.20. The lowest BCUT2D eigenvalue weighted by Crippen LogP contribution is -2.32. The minimum atomic E-state index is -0.734. The molecule has 0 unspecified atom stereocenters. The smallest absolute Gasteiger partial charge is 0.312 e. The van der Waals surface area contributed by atoms with Crippen LogP contribution in [0.5, 0.6) is 0 Å². The molecular weight excluding hydrogens is 258 g/mol. The molecule has 0 radical (unpaired) electrons. The molecule has 0 atom stereocenters. The molecule has 0 saturated heterocycles. The zero-order valence-electron chi connectivity index (χ0n) is 10.4. The van der Waals surface area contributed by atoms with Gasteiger partial charge in [0.2, 0.25) is 5.91 Å². The van der Waals surface area contributed by atoms with Crippen LogP contribution < -0.4 is 11.2 Å². The second-order valence-electron chi connectivity index (χ2n) is 3.71. The van der Waals surface area contributed by atoms with Crippen LogP contribution in [0.1, 0.15) is 11.4 Å². The van der Waals surface area contributed by atoms with E-state index in [2.05, 4.69) is 9.94 Å². The lowest BCUT2D eigenvalue weighted by atomic mass is 10.3. The van der Waals surface area contributed by atoms with Gasteiger partial charge in [0.05, 0.1) is 4.92 Å². The van der Waals surface area contributed by atoms with Crippen molar-refractivity contribution in [3.8, 4) is 0 Å². The molecule has 2 amide bonds. The largest absolute Gasteiger partial charge is 0.368 e. The number of rotatable bonds is 6. The lowest BCUT2D eigenvalue weighted by Gasteiger charge is -2.05. The normalized spacial score (nSPS) is 10.2. The number of nitrogens with one attached hydrogen (secondary N) is 1. The molecule has 104 valence electrons. The van der Waals surface area contributed by atoms with Crippen LogP contribution in [0.3, 0.4) is 0 Å². The summed E-state index contributed by atoms with van der Waals surface area (Å²) in [5.41, 5.74) is 7.12. The second kappa shape index (κ2) is 5.91. The molecule has 0 aliphatic carbocycles. The molecule has 10 nitrogen and oxygen atoms in total. The van der Waals surface area contributed by atoms with E-state index >= 15 is 0 Å². The van der Waals surface area contributed by atoms with Gasteiger partial charge in [-0.1, -0.05) is 0 Å². The maximum Gasteiger partial charge on any atom is 0.312 e. The van der Waals surface area contributed by atoms with Gasteiger partial charge in [-0.2, -0.15) is 5.10 Å². The highest BCUT2D eigenvalue weighted by Crippen LogP contribution is 2.21. The number of hydrogen-bond acceptors (Lipinski definition) is 6. The fourth-order valence-electron chi connectivity index (χ4n) is 1.46. The van der Waals surface area contributed by atoms with Gasteiger partial charge in [0.25, 0.3) is 5.91 Å². The van der Waals surface area contributed by atoms with E-state index in [4.69, 9.17) is 5.73 Å². The third-order valence-corrected chi connectivity index (χ3v) is 2.22. The summed E-state index contributed by atoms with van der Waals surface area (Å²) in [6, 6.07) is 0. The minimum Gasteiger partial charge on any atom is -0.368 e. The Balaban J connectivity index is 2.67. The summed E-state index contributed by atoms with van der Waals surface area (Å²) in [4.78, 5) is 36.5. The molecule has 1 aromatic heterocycles. The first kappa shape index (κ1) is 14.6. The Hall–Kier alpha value is -2.49. The quantitative estimate of drug-likeness (QED) is 0.498. The van der Waals surface area contributed by atoms with Crippen LogP contribution in [0.4, 0.5) is 5.69 Å². The third kappa shape index (κ3) is 3.74. The maximum atomic E-state index is 11.4. The van der Waals surface area contributed by atoms with Gasteiger partial charge in [0.15, 0.2) is 6.61 Å². The molecule has 0 aliphatic heterocycles. The Kier molecular flexibility index (Phi) is 4.53. The Morgan fingerprint density at radius 1 is 1.53 bits per heavy atom. The number of amides is 2. The summed E-state index contributed by atoms with van der Waals surface area (Å²) in [7, 11) is 0. The Bertz CT molecular complexity index is 523. The number of nitrogens with zero attached hydrogens (tertiary/aromatic N) is 3. The topological polar surface area (TPSA) is 142 Å². The van der Waals surface area contributed by atoms with Gasteiger partial charge in [0.1, 0.15) is 17.9 Å². The van der Waals surface area contributed by atoms with Crippen molar-refractivity contribution in [2.24, 2.45) is 5.73 Å². The fourth-order valence-corrected chi connectivity index (χ4v) is 1.46. The van der Waals surface area contributed by atoms with Crippen molar-refractivity contribution in [2.45, 2.75) is 20.4 Å². The summed E-state index contributed by atoms with van der Waals surface area (Å²) in [5.74, 6) is -1.34. The van der Waals surface area contributed by atoms with Crippen molar-refractivity contribution in [2.75, 3.05) is 6.61 Å². The van der Waals surface area contributed by atoms with Crippen LogP contribution in [-0.2, 0) is 21.0 Å². The van der Waals surface area contributed by atoms with Gasteiger partial charge in [-0.05, 0) is 13.8 Å². The van der Waals surface area contributed by atoms with Gasteiger partial charge in [-0.15, -0.1) is 0 Å². The molecule has 1 aromatic rings. The number of primary amides is 1. The van der Waals surface area contributed by atoms with Crippen molar-refractivity contribution in [3.63, 3.8) is 0 Å². The van der Waals surface area contributed by atoms with Gasteiger partial charge < -0.3 is 5.73 Å². The lowest BCUT2D eigenvalue weighted by molar-refractivity contribution is -0.386. The first-order valence-corrected chi connectivity index (χ1v) is 5.20. The van der Waals surface area contributed by atoms with E-state index < -0.39 is 23.3 Å². The molecule has 0 bridgehead atoms. The van der Waals surface area contributed by atoms with Crippen molar-refractivity contribution in [3.05, 3.63) is 21.5 Å². The van der Waals surface area contributed by atoms with Crippen molar-refractivity contribution >= 4 is 17.5 Å². The molecule has 1 rings (SSSR count). The molecule has 1 heterocycles. The fraction of sp³-hybridized carbons (Fsp3) is 0.444. The van der Waals surface area contributed by atoms with Crippen LogP contribution in [0, 0.1) is 24.0 Å². The Labute approximate surface area is 107 Å². The van der Waals surface area contributed by atoms with Crippen molar-refractivity contribution in [1.29, 1.82) is 0 Å². The minimum absolute atomic E-state index is 0.133. The number of aromatic nitrogens is 2. The van der Waals surface area contributed by atoms with E-state index in [9.17, 15) is 19.7 Å². The molecule has 0 spiro atoms. The number of hydroxylamine groups is 1. The average Bonchev–Trinajstić information content (AvgIpc) is 2.53. The van der Waals surface area contributed by atoms with E-state index in [0.717, 1.165) is 0 Å². The van der Waals surface area contributed by atoms with Crippen LogP contribution in [-0.4, -0.2) is 33.1 Å². The van der Waals surface area contributed by atoms with Crippen molar-refractivity contribution in [1.82, 2.24) is 15.3 Å². The average molecular weight is 271 g/mol. The number of hydrogen-bond donors (Lipinski definition) is 2.